The average molecular weight is 519 g/mol. The van der Waals surface area contributed by atoms with Gasteiger partial charge in [-0.15, -0.1) is 0 Å². The fraction of sp³-hybridized carbons (Fsp3) is 0.625. The molecule has 178 valence electrons. The summed E-state index contributed by atoms with van der Waals surface area (Å²) < 4.78 is 0. The average Bonchev–Trinajstić information content (AvgIpc) is 2.76. The van der Waals surface area contributed by atoms with Crippen LogP contribution in [0.25, 0.3) is 0 Å². The molecule has 1 heteroatoms. The SMILES string of the molecule is C.C.Cc1[c-]ccc(C2CCC(CC3CCC(c4ccc(C)c(C)c4C)CC3)CC2)c1C.[Rb+]. The zero-order chi connectivity index (χ0) is 21.3. The molecule has 2 aromatic carbocycles. The van der Waals surface area contributed by atoms with Crippen LogP contribution in [0.4, 0.5) is 0 Å². The largest absolute Gasteiger partial charge is 1.00 e. The molecule has 0 amide bonds. The van der Waals surface area contributed by atoms with E-state index < -0.39 is 0 Å². The zero-order valence-corrected chi connectivity index (χ0v) is 25.9. The summed E-state index contributed by atoms with van der Waals surface area (Å²) in [6.45, 7) is 11.4. The third kappa shape index (κ3) is 7.37. The van der Waals surface area contributed by atoms with Crippen molar-refractivity contribution in [3.05, 3.63) is 69.3 Å². The molecule has 0 aliphatic heterocycles. The fourth-order valence-corrected chi connectivity index (χ4v) is 6.46. The van der Waals surface area contributed by atoms with Crippen LogP contribution >= 0.6 is 0 Å². The van der Waals surface area contributed by atoms with Crippen LogP contribution in [0, 0.1) is 52.5 Å². The molecule has 0 heterocycles. The predicted octanol–water partition coefficient (Wildman–Crippen LogP) is 6.94. The van der Waals surface area contributed by atoms with Crippen LogP contribution in [0.2, 0.25) is 0 Å². The van der Waals surface area contributed by atoms with Gasteiger partial charge in [-0.2, -0.15) is 34.9 Å². The summed E-state index contributed by atoms with van der Waals surface area (Å²) in [6, 6.07) is 12.6. The summed E-state index contributed by atoms with van der Waals surface area (Å²) in [5.74, 6) is 3.54. The van der Waals surface area contributed by atoms with Crippen LogP contribution in [0.3, 0.4) is 0 Å². The Labute approximate surface area is 255 Å². The van der Waals surface area contributed by atoms with E-state index in [0.717, 1.165) is 23.7 Å². The molecular formula is C32H49Rb. The molecular weight excluding hydrogens is 470 g/mol. The molecule has 2 aliphatic carbocycles. The first-order valence-corrected chi connectivity index (χ1v) is 12.5. The number of benzene rings is 2. The summed E-state index contributed by atoms with van der Waals surface area (Å²) in [5, 5.41) is 0. The minimum absolute atomic E-state index is 0. The summed E-state index contributed by atoms with van der Waals surface area (Å²) in [5.41, 5.74) is 10.6. The van der Waals surface area contributed by atoms with Gasteiger partial charge in [-0.1, -0.05) is 40.8 Å². The van der Waals surface area contributed by atoms with Gasteiger partial charge in [0, 0.05) is 0 Å². The zero-order valence-electron chi connectivity index (χ0n) is 21.0. The van der Waals surface area contributed by atoms with Gasteiger partial charge in [0.05, 0.1) is 0 Å². The van der Waals surface area contributed by atoms with Crippen molar-refractivity contribution in [2.45, 2.75) is 119 Å². The quantitative estimate of drug-likeness (QED) is 0.384. The second-order valence-corrected chi connectivity index (χ2v) is 10.6. The molecule has 2 fully saturated rings. The van der Waals surface area contributed by atoms with E-state index in [0.29, 0.717) is 0 Å². The van der Waals surface area contributed by atoms with Gasteiger partial charge in [0.15, 0.2) is 0 Å². The molecule has 2 aromatic rings. The van der Waals surface area contributed by atoms with Crippen LogP contribution in [-0.4, -0.2) is 0 Å². The van der Waals surface area contributed by atoms with Gasteiger partial charge >= 0.3 is 58.2 Å². The number of hydrogen-bond acceptors (Lipinski definition) is 0. The molecule has 0 radical (unpaired) electrons. The van der Waals surface area contributed by atoms with Crippen molar-refractivity contribution < 1.29 is 58.2 Å². The van der Waals surface area contributed by atoms with E-state index in [-0.39, 0.29) is 73.0 Å². The van der Waals surface area contributed by atoms with Crippen LogP contribution in [0.15, 0.2) is 24.3 Å². The van der Waals surface area contributed by atoms with Gasteiger partial charge in [0.2, 0.25) is 0 Å². The van der Waals surface area contributed by atoms with Gasteiger partial charge in [-0.05, 0) is 124 Å². The summed E-state index contributed by atoms with van der Waals surface area (Å²) in [6.07, 6.45) is 12.9. The molecule has 0 N–H and O–H groups in total. The Kier molecular flexibility index (Phi) is 13.4. The van der Waals surface area contributed by atoms with Crippen molar-refractivity contribution >= 4 is 0 Å². The first-order valence-electron chi connectivity index (χ1n) is 12.5. The Balaban J connectivity index is 0.00000181. The third-order valence-corrected chi connectivity index (χ3v) is 8.90. The number of aryl methyl sites for hydroxylation is 2. The van der Waals surface area contributed by atoms with E-state index in [9.17, 15) is 0 Å². The Hall–Kier alpha value is 0.245. The standard InChI is InChI=1S/C30H41.2CH4.Rb/c1-20-7-6-8-29(23(20)4)27-14-10-25(11-15-27)19-26-12-16-28(17-13-26)30-18-9-21(2)22(3)24(30)5;;;/h6,8-9,18,25-28H,10-17,19H2,1-5H3;2*1H4;/q-1;;;+1. The molecule has 0 bridgehead atoms. The van der Waals surface area contributed by atoms with Crippen molar-refractivity contribution in [1.82, 2.24) is 0 Å². The van der Waals surface area contributed by atoms with Gasteiger partial charge in [0.1, 0.15) is 0 Å². The monoisotopic (exact) mass is 518 g/mol. The normalized spacial score (nSPS) is 24.8. The Morgan fingerprint density at radius 1 is 0.636 bits per heavy atom. The van der Waals surface area contributed by atoms with Crippen molar-refractivity contribution in [3.8, 4) is 0 Å². The Morgan fingerprint density at radius 3 is 1.64 bits per heavy atom. The molecule has 0 atom stereocenters. The number of rotatable bonds is 4. The maximum Gasteiger partial charge on any atom is 1.00 e. The second kappa shape index (κ2) is 14.1. The van der Waals surface area contributed by atoms with E-state index >= 15 is 0 Å². The molecule has 4 rings (SSSR count). The molecule has 33 heavy (non-hydrogen) atoms. The van der Waals surface area contributed by atoms with E-state index in [2.05, 4.69) is 65.0 Å². The summed E-state index contributed by atoms with van der Waals surface area (Å²) in [4.78, 5) is 0. The molecule has 0 nitrogen and oxygen atoms in total. The first-order chi connectivity index (χ1) is 14.4. The van der Waals surface area contributed by atoms with Gasteiger partial charge in [-0.25, -0.2) is 0 Å². The summed E-state index contributed by atoms with van der Waals surface area (Å²) >= 11 is 0. The maximum atomic E-state index is 3.37. The van der Waals surface area contributed by atoms with E-state index in [4.69, 9.17) is 0 Å². The fourth-order valence-electron chi connectivity index (χ4n) is 6.46. The van der Waals surface area contributed by atoms with Crippen molar-refractivity contribution in [1.29, 1.82) is 0 Å². The maximum absolute atomic E-state index is 3.37. The van der Waals surface area contributed by atoms with Gasteiger partial charge in [0.25, 0.3) is 0 Å². The minimum atomic E-state index is 0. The van der Waals surface area contributed by atoms with Crippen LogP contribution < -0.4 is 58.2 Å². The van der Waals surface area contributed by atoms with Crippen LogP contribution in [0.1, 0.15) is 123 Å². The predicted molar refractivity (Wildman–Crippen MR) is 143 cm³/mol. The molecule has 2 aliphatic rings. The van der Waals surface area contributed by atoms with Crippen molar-refractivity contribution in [2.24, 2.45) is 11.8 Å². The van der Waals surface area contributed by atoms with Gasteiger partial charge < -0.3 is 0 Å². The second-order valence-electron chi connectivity index (χ2n) is 10.6. The van der Waals surface area contributed by atoms with Crippen LogP contribution in [-0.2, 0) is 0 Å². The molecule has 0 unspecified atom stereocenters. The Morgan fingerprint density at radius 2 is 1.12 bits per heavy atom. The first kappa shape index (κ1) is 31.3. The smallest absolute Gasteiger partial charge is 0.180 e. The van der Waals surface area contributed by atoms with E-state index in [1.54, 1.807) is 16.7 Å². The van der Waals surface area contributed by atoms with E-state index in [1.807, 2.05) is 0 Å². The number of hydrogen-bond donors (Lipinski definition) is 0. The van der Waals surface area contributed by atoms with Crippen LogP contribution in [0.5, 0.6) is 0 Å². The third-order valence-electron chi connectivity index (χ3n) is 8.90. The topological polar surface area (TPSA) is 0 Å². The Bertz CT molecular complexity index is 864. The molecule has 2 saturated carbocycles. The summed E-state index contributed by atoms with van der Waals surface area (Å²) in [7, 11) is 0. The van der Waals surface area contributed by atoms with Crippen molar-refractivity contribution in [2.75, 3.05) is 0 Å². The van der Waals surface area contributed by atoms with E-state index in [1.165, 1.54) is 80.0 Å². The minimum Gasteiger partial charge on any atom is -0.180 e. The molecule has 0 saturated heterocycles. The molecule has 0 spiro atoms. The molecule has 0 aromatic heterocycles. The van der Waals surface area contributed by atoms with Gasteiger partial charge in [-0.3, -0.25) is 0 Å². The van der Waals surface area contributed by atoms with Crippen molar-refractivity contribution in [3.63, 3.8) is 0 Å².